The lowest BCUT2D eigenvalue weighted by Crippen LogP contribution is -2.02. The zero-order valence-corrected chi connectivity index (χ0v) is 7.94. The van der Waals surface area contributed by atoms with Crippen LogP contribution in [0.15, 0.2) is 23.1 Å². The van der Waals surface area contributed by atoms with Crippen molar-refractivity contribution in [2.24, 2.45) is 0 Å². The number of benzene rings is 1. The van der Waals surface area contributed by atoms with E-state index >= 15 is 0 Å². The smallest absolute Gasteiger partial charge is 0.139 e. The molecule has 72 valence electrons. The molecule has 0 aromatic heterocycles. The van der Waals surface area contributed by atoms with Crippen LogP contribution in [0.2, 0.25) is 0 Å². The normalized spacial score (nSPS) is 12.9. The molecule has 0 aliphatic carbocycles. The second-order valence-electron chi connectivity index (χ2n) is 2.73. The zero-order chi connectivity index (χ0) is 9.84. The predicted molar refractivity (Wildman–Crippen MR) is 48.8 cm³/mol. The molecule has 0 aliphatic rings. The molecule has 0 radical (unpaired) electrons. The van der Waals surface area contributed by atoms with Crippen molar-refractivity contribution < 1.29 is 13.9 Å². The van der Waals surface area contributed by atoms with E-state index in [0.717, 1.165) is 6.07 Å². The van der Waals surface area contributed by atoms with Crippen molar-refractivity contribution in [3.05, 3.63) is 29.8 Å². The Kier molecular flexibility index (Phi) is 3.69. The monoisotopic (exact) mass is 204 g/mol. The van der Waals surface area contributed by atoms with Crippen molar-refractivity contribution in [1.82, 2.24) is 0 Å². The molecule has 1 N–H and O–H groups in total. The summed E-state index contributed by atoms with van der Waals surface area (Å²) in [4.78, 5) is 0.363. The SMILES string of the molecule is C[C@@H](O)CSc1ccc(F)cc1F. The minimum atomic E-state index is -0.584. The van der Waals surface area contributed by atoms with Gasteiger partial charge < -0.3 is 5.11 Å². The molecule has 0 heterocycles. The van der Waals surface area contributed by atoms with Gasteiger partial charge in [0.15, 0.2) is 0 Å². The highest BCUT2D eigenvalue weighted by Crippen LogP contribution is 2.22. The van der Waals surface area contributed by atoms with Crippen LogP contribution in [0.4, 0.5) is 8.78 Å². The van der Waals surface area contributed by atoms with Gasteiger partial charge in [-0.15, -0.1) is 11.8 Å². The topological polar surface area (TPSA) is 20.2 Å². The Morgan fingerprint density at radius 1 is 1.46 bits per heavy atom. The molecule has 1 aromatic carbocycles. The molecule has 13 heavy (non-hydrogen) atoms. The predicted octanol–water partition coefficient (Wildman–Crippen LogP) is 2.44. The van der Waals surface area contributed by atoms with E-state index in [2.05, 4.69) is 0 Å². The first-order chi connectivity index (χ1) is 6.09. The molecular formula is C9H10F2OS. The molecule has 0 fully saturated rings. The summed E-state index contributed by atoms with van der Waals surface area (Å²) in [5.41, 5.74) is 0. The molecule has 1 nitrogen and oxygen atoms in total. The second kappa shape index (κ2) is 4.58. The first-order valence-electron chi connectivity index (χ1n) is 3.85. The number of thioether (sulfide) groups is 1. The lowest BCUT2D eigenvalue weighted by Gasteiger charge is -2.04. The van der Waals surface area contributed by atoms with Gasteiger partial charge in [0, 0.05) is 16.7 Å². The van der Waals surface area contributed by atoms with E-state index in [4.69, 9.17) is 5.11 Å². The van der Waals surface area contributed by atoms with E-state index < -0.39 is 17.7 Å². The van der Waals surface area contributed by atoms with Crippen molar-refractivity contribution in [1.29, 1.82) is 0 Å². The van der Waals surface area contributed by atoms with Gasteiger partial charge in [0.2, 0.25) is 0 Å². The maximum Gasteiger partial charge on any atom is 0.139 e. The fourth-order valence-electron chi connectivity index (χ4n) is 0.803. The van der Waals surface area contributed by atoms with Crippen LogP contribution in [0.25, 0.3) is 0 Å². The van der Waals surface area contributed by atoms with Crippen LogP contribution in [0.3, 0.4) is 0 Å². The van der Waals surface area contributed by atoms with Crippen molar-refractivity contribution in [3.63, 3.8) is 0 Å². The van der Waals surface area contributed by atoms with Gasteiger partial charge in [0.05, 0.1) is 6.10 Å². The van der Waals surface area contributed by atoms with Crippen LogP contribution < -0.4 is 0 Å². The Morgan fingerprint density at radius 2 is 2.15 bits per heavy atom. The quantitative estimate of drug-likeness (QED) is 0.763. The Morgan fingerprint density at radius 3 is 2.69 bits per heavy atom. The second-order valence-corrected chi connectivity index (χ2v) is 3.80. The average Bonchev–Trinajstić information content (AvgIpc) is 2.02. The first-order valence-corrected chi connectivity index (χ1v) is 4.84. The Hall–Kier alpha value is -0.610. The molecule has 1 aromatic rings. The molecule has 0 saturated heterocycles. The minimum absolute atomic E-state index is 0.363. The van der Waals surface area contributed by atoms with Gasteiger partial charge in [-0.1, -0.05) is 0 Å². The van der Waals surface area contributed by atoms with Gasteiger partial charge in [-0.3, -0.25) is 0 Å². The fourth-order valence-corrected chi connectivity index (χ4v) is 1.58. The first kappa shape index (κ1) is 10.5. The number of halogens is 2. The summed E-state index contributed by atoms with van der Waals surface area (Å²) < 4.78 is 25.4. The third-order valence-electron chi connectivity index (χ3n) is 1.37. The molecule has 0 aliphatic heterocycles. The van der Waals surface area contributed by atoms with Crippen LogP contribution in [-0.2, 0) is 0 Å². The van der Waals surface area contributed by atoms with Gasteiger partial charge in [0.25, 0.3) is 0 Å². The third-order valence-corrected chi connectivity index (χ3v) is 2.67. The molecular weight excluding hydrogens is 194 g/mol. The molecule has 1 atom stereocenters. The van der Waals surface area contributed by atoms with Crippen molar-refractivity contribution in [2.45, 2.75) is 17.9 Å². The van der Waals surface area contributed by atoms with E-state index in [-0.39, 0.29) is 0 Å². The van der Waals surface area contributed by atoms with E-state index in [1.165, 1.54) is 23.9 Å². The number of hydrogen-bond donors (Lipinski definition) is 1. The van der Waals surface area contributed by atoms with Crippen LogP contribution in [0.5, 0.6) is 0 Å². The van der Waals surface area contributed by atoms with Crippen LogP contribution >= 0.6 is 11.8 Å². The third kappa shape index (κ3) is 3.32. The Bertz CT molecular complexity index is 289. The maximum atomic E-state index is 13.0. The van der Waals surface area contributed by atoms with Gasteiger partial charge in [-0.25, -0.2) is 8.78 Å². The molecule has 0 bridgehead atoms. The summed E-state index contributed by atoms with van der Waals surface area (Å²) in [6.45, 7) is 1.62. The van der Waals surface area contributed by atoms with Gasteiger partial charge in [-0.2, -0.15) is 0 Å². The molecule has 0 saturated carbocycles. The van der Waals surface area contributed by atoms with E-state index in [0.29, 0.717) is 10.6 Å². The van der Waals surface area contributed by atoms with Crippen LogP contribution in [-0.4, -0.2) is 17.0 Å². The van der Waals surface area contributed by atoms with Gasteiger partial charge >= 0.3 is 0 Å². The molecule has 1 rings (SSSR count). The molecule has 0 unspecified atom stereocenters. The standard InChI is InChI=1S/C9H10F2OS/c1-6(12)5-13-9-3-2-7(10)4-8(9)11/h2-4,6,12H,5H2,1H3/t6-/m1/s1. The largest absolute Gasteiger partial charge is 0.393 e. The number of hydrogen-bond acceptors (Lipinski definition) is 2. The van der Waals surface area contributed by atoms with Gasteiger partial charge in [-0.05, 0) is 19.1 Å². The molecule has 0 amide bonds. The van der Waals surface area contributed by atoms with Crippen LogP contribution in [0, 0.1) is 11.6 Å². The van der Waals surface area contributed by atoms with E-state index in [1.54, 1.807) is 6.92 Å². The van der Waals surface area contributed by atoms with Crippen molar-refractivity contribution in [3.8, 4) is 0 Å². The summed E-state index contributed by atoms with van der Waals surface area (Å²) in [5, 5.41) is 8.94. The highest BCUT2D eigenvalue weighted by atomic mass is 32.2. The average molecular weight is 204 g/mol. The van der Waals surface area contributed by atoms with E-state index in [9.17, 15) is 8.78 Å². The zero-order valence-electron chi connectivity index (χ0n) is 7.13. The van der Waals surface area contributed by atoms with Crippen molar-refractivity contribution >= 4 is 11.8 Å². The number of aliphatic hydroxyl groups excluding tert-OH is 1. The lowest BCUT2D eigenvalue weighted by molar-refractivity contribution is 0.220. The number of aliphatic hydroxyl groups is 1. The van der Waals surface area contributed by atoms with E-state index in [1.807, 2.05) is 0 Å². The van der Waals surface area contributed by atoms with Gasteiger partial charge in [0.1, 0.15) is 11.6 Å². The molecule has 0 spiro atoms. The minimum Gasteiger partial charge on any atom is -0.393 e. The Labute approximate surface area is 79.8 Å². The lowest BCUT2D eigenvalue weighted by atomic mass is 10.3. The summed E-state index contributed by atoms with van der Waals surface area (Å²) in [6.07, 6.45) is -0.491. The maximum absolute atomic E-state index is 13.0. The van der Waals surface area contributed by atoms with Crippen molar-refractivity contribution in [2.75, 3.05) is 5.75 Å². The summed E-state index contributed by atoms with van der Waals surface area (Å²) >= 11 is 1.17. The molecule has 4 heteroatoms. The Balaban J connectivity index is 2.67. The summed E-state index contributed by atoms with van der Waals surface area (Å²) in [7, 11) is 0. The highest BCUT2D eigenvalue weighted by molar-refractivity contribution is 7.99. The summed E-state index contributed by atoms with van der Waals surface area (Å²) in [5.74, 6) is -0.757. The summed E-state index contributed by atoms with van der Waals surface area (Å²) in [6, 6.07) is 3.41. The van der Waals surface area contributed by atoms with Crippen LogP contribution in [0.1, 0.15) is 6.92 Å². The number of rotatable bonds is 3. The highest BCUT2D eigenvalue weighted by Gasteiger charge is 2.05. The fraction of sp³-hybridized carbons (Fsp3) is 0.333.